The van der Waals surface area contributed by atoms with Crippen molar-refractivity contribution < 1.29 is 44.7 Å². The minimum Gasteiger partial charge on any atom is -0.444 e. The van der Waals surface area contributed by atoms with Gasteiger partial charge in [0.2, 0.25) is 0 Å². The normalized spacial score (nSPS) is 18.4. The van der Waals surface area contributed by atoms with Gasteiger partial charge in [-0.15, -0.1) is 0 Å². The van der Waals surface area contributed by atoms with Crippen molar-refractivity contribution in [1.82, 2.24) is 90.5 Å². The second-order valence-corrected chi connectivity index (χ2v) is 34.0. The van der Waals surface area contributed by atoms with Gasteiger partial charge in [-0.3, -0.25) is 20.0 Å². The number of aryl methyl sites for hydroxylation is 1. The lowest BCUT2D eigenvalue weighted by Crippen LogP contribution is -2.41. The van der Waals surface area contributed by atoms with Gasteiger partial charge in [-0.1, -0.05) is 36.4 Å². The number of halogens is 8. The van der Waals surface area contributed by atoms with Gasteiger partial charge in [0.1, 0.15) is 124 Å². The van der Waals surface area contributed by atoms with E-state index in [0.29, 0.717) is 112 Å². The minimum atomic E-state index is -0.587. The molecule has 1 aliphatic carbocycles. The number of piperidine rings is 2. The predicted octanol–water partition coefficient (Wildman–Crippen LogP) is 19.4. The second kappa shape index (κ2) is 38.8. The summed E-state index contributed by atoms with van der Waals surface area (Å²) in [7, 11) is 0. The standard InChI is InChI=1S/C27H33F2N7O2.C22H25F2N7.C22H24F2N6.C21H18F2N6/c1-27(2,3)38-26(37)35-11-8-17(9-12-35)21-14-24(34-33-21)32-23-15-25(31-16-30-23)36-10-4-5-22(36)19-7-6-18(28)13-20(19)29;23-15-3-4-16(17(24)10-15)19-2-1-9-31(19)22-12-20(26-13-27-22)28-21-11-18(29-30-21)14-5-7-25-8-6-14;1-2-30-19(14-5-6-14)11-21(28-30)27-20-12-22(26-13-25-20)29-9-3-4-18(29)16-8-7-15(23)10-17(16)24;22-13-7-8-14(16(23)10-13)18-6-3-9-29(18)20-11-19(24-12-25-20)26-21-15-4-1-2-5-17(15)27-28-21/h6-7,13-17,22H,4-5,8-12H2,1-3H3,(H2,30,31,32,33,34);3-4,10-14,19,25H,1-2,5-9H2,(H2,26,27,28,29,30);7-8,10-14,18H,2-6,9H2,1H3,(H,25,26,27,28);1-2,4-5,7-8,10-12,18H,3,6,9H2,(H2,24,25,26,27,28). The number of aromatic nitrogens is 16. The molecule has 1 amide bonds. The number of hydrogen-bond donors (Lipinski definition) is 8. The minimum absolute atomic E-state index is 0.172. The predicted molar refractivity (Wildman–Crippen MR) is 472 cm³/mol. The number of rotatable bonds is 20. The first-order valence-corrected chi connectivity index (χ1v) is 43.7. The first-order valence-electron chi connectivity index (χ1n) is 43.7. The third-order valence-electron chi connectivity index (χ3n) is 24.2. The quantitative estimate of drug-likeness (QED) is 0.0329. The van der Waals surface area contributed by atoms with Crippen LogP contribution in [-0.2, 0) is 11.3 Å². The van der Waals surface area contributed by atoms with Gasteiger partial charge in [0.25, 0.3) is 0 Å². The Kier molecular flexibility index (Phi) is 26.3. The van der Waals surface area contributed by atoms with Gasteiger partial charge in [0, 0.05) is 175 Å². The Labute approximate surface area is 734 Å². The third kappa shape index (κ3) is 20.6. The van der Waals surface area contributed by atoms with E-state index in [4.69, 9.17) is 4.74 Å². The molecule has 128 heavy (non-hydrogen) atoms. The summed E-state index contributed by atoms with van der Waals surface area (Å²) in [5.41, 5.74) is 5.75. The van der Waals surface area contributed by atoms with Crippen molar-refractivity contribution >= 4 is 86.8 Å². The molecule has 666 valence electrons. The number of fused-ring (bicyclic) bond motifs is 1. The molecule has 0 bridgehead atoms. The molecular formula is C92H100F8N26O2. The summed E-state index contributed by atoms with van der Waals surface area (Å²) in [5.74, 6) is 4.95. The Hall–Kier alpha value is -13.4. The summed E-state index contributed by atoms with van der Waals surface area (Å²) in [5, 5.41) is 44.3. The van der Waals surface area contributed by atoms with Crippen LogP contribution in [0.25, 0.3) is 10.9 Å². The number of hydrogen-bond acceptors (Lipinski definition) is 23. The molecule has 4 unspecified atom stereocenters. The number of H-pyrrole nitrogens is 3. The number of nitrogens with one attached hydrogen (secondary N) is 8. The molecule has 7 fully saturated rings. The van der Waals surface area contributed by atoms with Crippen LogP contribution in [0.4, 0.5) is 110 Å². The molecule has 6 saturated heterocycles. The molecule has 13 aromatic rings. The number of likely N-dealkylation sites (tertiary alicyclic amines) is 1. The number of ether oxygens (including phenoxy) is 1. The summed E-state index contributed by atoms with van der Waals surface area (Å²) >= 11 is 0. The van der Waals surface area contributed by atoms with Crippen LogP contribution in [0.3, 0.4) is 0 Å². The average Bonchev–Trinajstić information content (AvgIpc) is 1.63. The SMILES string of the molecule is CC(C)(C)OC(=O)N1CCC(c2cc(Nc3cc(N4CCCC4c4ccc(F)cc4F)ncn3)n[nH]2)CC1.CCn1nc(Nc2cc(N3CCCC3c3ccc(F)cc3F)ncn2)cc1C1CC1.Fc1ccc(C2CCCN2c2cc(Nc3cc(C4CCNCC4)[nH]n3)ncn2)c(F)c1.Fc1ccc(C2CCCN2c2cc(Nc3n[nH]c4ccccc34)ncn2)c(F)c1. The van der Waals surface area contributed by atoms with Gasteiger partial charge in [0.05, 0.1) is 29.7 Å². The van der Waals surface area contributed by atoms with Crippen molar-refractivity contribution in [3.05, 3.63) is 251 Å². The van der Waals surface area contributed by atoms with Crippen molar-refractivity contribution in [2.24, 2.45) is 0 Å². The molecule has 0 spiro atoms. The van der Waals surface area contributed by atoms with Crippen LogP contribution in [-0.4, -0.2) is 149 Å². The number of carbonyl (C=O) groups is 1. The topological polar surface area (TPSA) is 310 Å². The van der Waals surface area contributed by atoms with Gasteiger partial charge < -0.3 is 55.8 Å². The second-order valence-electron chi connectivity index (χ2n) is 34.0. The molecule has 8 N–H and O–H groups in total. The average molecular weight is 1750 g/mol. The summed E-state index contributed by atoms with van der Waals surface area (Å²) in [4.78, 5) is 57.2. The van der Waals surface area contributed by atoms with Crippen molar-refractivity contribution in [3.8, 4) is 0 Å². The number of carbonyl (C=O) groups excluding carboxylic acids is 1. The Balaban J connectivity index is 0.000000121. The van der Waals surface area contributed by atoms with Crippen LogP contribution in [0, 0.1) is 46.5 Å². The zero-order valence-corrected chi connectivity index (χ0v) is 71.3. The zero-order chi connectivity index (χ0) is 88.5. The highest BCUT2D eigenvalue weighted by atomic mass is 19.2. The Morgan fingerprint density at radius 3 is 1.19 bits per heavy atom. The van der Waals surface area contributed by atoms with Gasteiger partial charge in [0.15, 0.2) is 23.3 Å². The first-order chi connectivity index (χ1) is 62.1. The largest absolute Gasteiger partial charge is 0.444 e. The molecule has 0 radical (unpaired) electrons. The van der Waals surface area contributed by atoms with Crippen LogP contribution in [0.15, 0.2) is 165 Å². The maximum Gasteiger partial charge on any atom is 0.410 e. The lowest BCUT2D eigenvalue weighted by Gasteiger charge is -2.33. The fourth-order valence-corrected chi connectivity index (χ4v) is 17.9. The molecule has 28 nitrogen and oxygen atoms in total. The summed E-state index contributed by atoms with van der Waals surface area (Å²) in [6.45, 7) is 14.8. The van der Waals surface area contributed by atoms with E-state index in [-0.39, 0.29) is 36.2 Å². The van der Waals surface area contributed by atoms with Crippen LogP contribution in [0.1, 0.15) is 199 Å². The molecule has 20 rings (SSSR count). The van der Waals surface area contributed by atoms with E-state index in [9.17, 15) is 39.9 Å². The number of para-hydroxylation sites is 1. The molecule has 14 heterocycles. The van der Waals surface area contributed by atoms with Crippen molar-refractivity contribution in [3.63, 3.8) is 0 Å². The Bertz CT molecular complexity index is 6010. The monoisotopic (exact) mass is 1750 g/mol. The molecule has 4 atom stereocenters. The molecule has 1 saturated carbocycles. The van der Waals surface area contributed by atoms with Crippen LogP contribution in [0.5, 0.6) is 0 Å². The first kappa shape index (κ1) is 86.7. The van der Waals surface area contributed by atoms with Crippen LogP contribution < -0.4 is 46.2 Å². The van der Waals surface area contributed by atoms with E-state index in [1.54, 1.807) is 4.90 Å². The lowest BCUT2D eigenvalue weighted by atomic mass is 9.94. The molecule has 6 aliphatic heterocycles. The summed E-state index contributed by atoms with van der Waals surface area (Å²) in [6.07, 6.45) is 18.6. The number of anilines is 12. The van der Waals surface area contributed by atoms with E-state index in [1.807, 2.05) is 101 Å². The van der Waals surface area contributed by atoms with Crippen LogP contribution in [0.2, 0.25) is 0 Å². The van der Waals surface area contributed by atoms with E-state index in [0.717, 1.165) is 175 Å². The van der Waals surface area contributed by atoms with Crippen molar-refractivity contribution in [1.29, 1.82) is 0 Å². The molecule has 5 aromatic carbocycles. The number of nitrogens with zero attached hydrogens (tertiary/aromatic N) is 18. The number of benzene rings is 5. The maximum atomic E-state index is 14.5. The van der Waals surface area contributed by atoms with E-state index < -0.39 is 52.1 Å². The van der Waals surface area contributed by atoms with E-state index >= 15 is 0 Å². The molecule has 36 heteroatoms. The summed E-state index contributed by atoms with van der Waals surface area (Å²) in [6, 6.07) is 35.5. The van der Waals surface area contributed by atoms with Gasteiger partial charge >= 0.3 is 6.09 Å². The molecular weight excluding hydrogens is 1650 g/mol. The van der Waals surface area contributed by atoms with E-state index in [2.05, 4.69) is 120 Å². The fraction of sp³-hybridized carbons (Fsp3) is 0.380. The highest BCUT2D eigenvalue weighted by Gasteiger charge is 2.37. The Morgan fingerprint density at radius 1 is 0.406 bits per heavy atom. The highest BCUT2D eigenvalue weighted by Crippen LogP contribution is 2.45. The van der Waals surface area contributed by atoms with Crippen molar-refractivity contribution in [2.75, 3.05) is 93.2 Å². The molecule has 7 aliphatic rings. The number of amides is 1. The van der Waals surface area contributed by atoms with Gasteiger partial charge in [-0.25, -0.2) is 79.8 Å². The summed E-state index contributed by atoms with van der Waals surface area (Å²) < 4.78 is 119. The third-order valence-corrected chi connectivity index (χ3v) is 24.2. The van der Waals surface area contributed by atoms with Crippen molar-refractivity contribution in [2.45, 2.75) is 172 Å². The smallest absolute Gasteiger partial charge is 0.410 e. The van der Waals surface area contributed by atoms with Crippen LogP contribution >= 0.6 is 0 Å². The van der Waals surface area contributed by atoms with Gasteiger partial charge in [-0.2, -0.15) is 20.4 Å². The fourth-order valence-electron chi connectivity index (χ4n) is 17.9. The maximum absolute atomic E-state index is 14.5. The Morgan fingerprint density at radius 2 is 0.797 bits per heavy atom. The molecule has 8 aromatic heterocycles. The van der Waals surface area contributed by atoms with E-state index in [1.165, 1.54) is 92.4 Å². The highest BCUT2D eigenvalue weighted by molar-refractivity contribution is 5.91. The zero-order valence-electron chi connectivity index (χ0n) is 71.3. The number of aromatic amines is 3. The van der Waals surface area contributed by atoms with Gasteiger partial charge in [-0.05, 0) is 167 Å². The lowest BCUT2D eigenvalue weighted by molar-refractivity contribution is 0.0204.